The first-order valence-electron chi connectivity index (χ1n) is 12.5. The van der Waals surface area contributed by atoms with Gasteiger partial charge in [-0.3, -0.25) is 28.8 Å². The van der Waals surface area contributed by atoms with E-state index >= 15 is 0 Å². The molecule has 0 heterocycles. The number of nitrogens with two attached hydrogens (primary N) is 3. The van der Waals surface area contributed by atoms with Crippen molar-refractivity contribution >= 4 is 47.3 Å². The van der Waals surface area contributed by atoms with Crippen LogP contribution in [-0.4, -0.2) is 88.6 Å². The summed E-state index contributed by atoms with van der Waals surface area (Å²) in [5.74, 6) is -4.45. The smallest absolute Gasteiger partial charge is 0.423 e. The molecule has 0 saturated carbocycles. The van der Waals surface area contributed by atoms with Crippen molar-refractivity contribution in [2.24, 2.45) is 17.2 Å². The Labute approximate surface area is 253 Å². The van der Waals surface area contributed by atoms with Gasteiger partial charge in [-0.25, -0.2) is 0 Å². The first-order chi connectivity index (χ1) is 20.4. The van der Waals surface area contributed by atoms with Crippen molar-refractivity contribution in [3.05, 3.63) is 35.4 Å². The van der Waals surface area contributed by atoms with Gasteiger partial charge in [0.2, 0.25) is 23.6 Å². The number of rotatable bonds is 17. The van der Waals surface area contributed by atoms with E-state index < -0.39 is 83.4 Å². The highest BCUT2D eigenvalue weighted by Gasteiger charge is 2.50. The molecule has 0 fully saturated rings. The van der Waals surface area contributed by atoms with Crippen LogP contribution in [0.3, 0.4) is 0 Å². The van der Waals surface area contributed by atoms with Gasteiger partial charge in [0.15, 0.2) is 5.66 Å². The van der Waals surface area contributed by atoms with Gasteiger partial charge in [0.05, 0.1) is 12.3 Å². The van der Waals surface area contributed by atoms with Gasteiger partial charge in [-0.15, -0.1) is 18.2 Å². The quantitative estimate of drug-likeness (QED) is 0.0646. The van der Waals surface area contributed by atoms with Crippen LogP contribution in [0.25, 0.3) is 0 Å². The Bertz CT molecular complexity index is 1260. The fraction of sp³-hybridized carbons (Fsp3) is 0.440. The van der Waals surface area contributed by atoms with Gasteiger partial charge in [-0.1, -0.05) is 30.2 Å². The number of terminal acetylenes is 1. The maximum atomic E-state index is 13.2. The minimum atomic E-state index is -4.99. The molecule has 0 radical (unpaired) electrons. The Morgan fingerprint density at radius 3 is 2.09 bits per heavy atom. The predicted octanol–water partition coefficient (Wildman–Crippen LogP) is -2.16. The third kappa shape index (κ3) is 12.1. The van der Waals surface area contributed by atoms with E-state index in [1.807, 2.05) is 0 Å². The number of alkyl halides is 3. The zero-order valence-corrected chi connectivity index (χ0v) is 23.8. The zero-order chi connectivity index (χ0) is 33.7. The number of hydrogen-bond acceptors (Lipinski definition) is 10. The first kappa shape index (κ1) is 37.6. The molecule has 0 aliphatic heterocycles. The molecule has 12 N–H and O–H groups in total. The third-order valence-electron chi connectivity index (χ3n) is 5.71. The summed E-state index contributed by atoms with van der Waals surface area (Å²) < 4.78 is 39.6. The van der Waals surface area contributed by atoms with Gasteiger partial charge in [-0.05, 0) is 17.5 Å². The lowest BCUT2D eigenvalue weighted by molar-refractivity contribution is -0.188. The molecule has 1 rings (SSSR count). The number of halogens is 3. The van der Waals surface area contributed by atoms with E-state index in [2.05, 4.69) is 27.2 Å². The summed E-state index contributed by atoms with van der Waals surface area (Å²) >= 11 is 0.803. The average molecular weight is 648 g/mol. The lowest BCUT2D eigenvalue weighted by atomic mass is 9.97. The first-order valence-corrected chi connectivity index (χ1v) is 13.7. The normalized spacial score (nSPS) is 13.4. The van der Waals surface area contributed by atoms with Crippen LogP contribution in [-0.2, 0) is 34.4 Å². The van der Waals surface area contributed by atoms with Crippen LogP contribution in [0.5, 0.6) is 0 Å². The Kier molecular flexibility index (Phi) is 14.6. The molecule has 0 aromatic heterocycles. The maximum Gasteiger partial charge on any atom is 0.423 e. The van der Waals surface area contributed by atoms with Crippen LogP contribution in [0.2, 0.25) is 0 Å². The molecule has 0 aliphatic rings. The fourth-order valence-corrected chi connectivity index (χ4v) is 4.13. The van der Waals surface area contributed by atoms with Crippen LogP contribution in [0.15, 0.2) is 24.3 Å². The molecular weight excluding hydrogens is 615 g/mol. The molecule has 1 aromatic rings. The summed E-state index contributed by atoms with van der Waals surface area (Å²) in [6.45, 7) is -1.00. The van der Waals surface area contributed by atoms with Crippen LogP contribution in [0, 0.1) is 12.3 Å². The van der Waals surface area contributed by atoms with E-state index in [1.54, 1.807) is 0 Å². The predicted molar refractivity (Wildman–Crippen MR) is 150 cm³/mol. The summed E-state index contributed by atoms with van der Waals surface area (Å²) in [7, 11) is 0. The fourth-order valence-electron chi connectivity index (χ4n) is 3.27. The number of aliphatic carboxylic acids is 2. The minimum absolute atomic E-state index is 0.0531. The Hall–Kier alpha value is -4.38. The van der Waals surface area contributed by atoms with Crippen molar-refractivity contribution in [2.45, 2.75) is 42.8 Å². The molecule has 0 bridgehead atoms. The standard InChI is InChI=1S/C25H32F3N7O8S/c1-2-9-32-22(41)20(13-3-5-14(6-4-13)24(30,31)25(26,27)28)35-18(37)12-44-11-16(21(40)33-10-19(38)39)34-17(36)8-7-15(29)23(42)43/h1,3-6,15-16,20H,7-12,29-31H2,(H,32,41)(H,33,40)(H,34,36)(H,35,37)(H,38,39)(H,42,43). The van der Waals surface area contributed by atoms with Gasteiger partial charge in [0.1, 0.15) is 24.7 Å². The highest BCUT2D eigenvalue weighted by atomic mass is 32.2. The minimum Gasteiger partial charge on any atom is -0.480 e. The number of carboxylic acid groups (broad SMARTS) is 2. The third-order valence-corrected chi connectivity index (χ3v) is 6.74. The molecular formula is C25H32F3N7O8S. The lowest BCUT2D eigenvalue weighted by Crippen LogP contribution is -2.57. The number of hydrogen-bond donors (Lipinski definition) is 9. The van der Waals surface area contributed by atoms with Crippen LogP contribution < -0.4 is 38.5 Å². The van der Waals surface area contributed by atoms with Crippen molar-refractivity contribution < 1.29 is 52.2 Å². The molecule has 0 saturated heterocycles. The molecule has 0 spiro atoms. The number of carbonyl (C=O) groups excluding carboxylic acids is 4. The second kappa shape index (κ2) is 17.0. The zero-order valence-electron chi connectivity index (χ0n) is 23.0. The molecule has 1 aromatic carbocycles. The van der Waals surface area contributed by atoms with E-state index in [-0.39, 0.29) is 30.7 Å². The van der Waals surface area contributed by atoms with Crippen molar-refractivity contribution in [1.29, 1.82) is 0 Å². The summed E-state index contributed by atoms with van der Waals surface area (Å²) in [5, 5.41) is 26.8. The number of nitrogens with one attached hydrogen (secondary N) is 4. The van der Waals surface area contributed by atoms with Crippen LogP contribution in [0.4, 0.5) is 13.2 Å². The van der Waals surface area contributed by atoms with Gasteiger partial charge in [0, 0.05) is 12.2 Å². The second-order valence-corrected chi connectivity index (χ2v) is 10.2. The maximum absolute atomic E-state index is 13.2. The van der Waals surface area contributed by atoms with Gasteiger partial charge < -0.3 is 48.7 Å². The highest BCUT2D eigenvalue weighted by Crippen LogP contribution is 2.32. The lowest BCUT2D eigenvalue weighted by Gasteiger charge is -2.28. The molecule has 0 aliphatic carbocycles. The van der Waals surface area contributed by atoms with Gasteiger partial charge >= 0.3 is 18.1 Å². The summed E-state index contributed by atoms with van der Waals surface area (Å²) in [6.07, 6.45) is -0.463. The number of amides is 4. The topological polar surface area (TPSA) is 269 Å². The van der Waals surface area contributed by atoms with Crippen molar-refractivity contribution in [3.8, 4) is 12.3 Å². The van der Waals surface area contributed by atoms with E-state index in [9.17, 15) is 41.9 Å². The number of benzene rings is 1. The Morgan fingerprint density at radius 1 is 0.955 bits per heavy atom. The SMILES string of the molecule is C#CCNC(=O)C(NC(=O)CSCC(NC(=O)CCC(N)C(=O)O)C(=O)NCC(=O)O)c1ccc(C(N)(N)C(F)(F)F)cc1. The Balaban J connectivity index is 2.98. The monoisotopic (exact) mass is 647 g/mol. The number of carbonyl (C=O) groups is 6. The largest absolute Gasteiger partial charge is 0.480 e. The summed E-state index contributed by atoms with van der Waals surface area (Å²) in [5.41, 5.74) is 12.1. The van der Waals surface area contributed by atoms with E-state index in [0.717, 1.165) is 36.0 Å². The van der Waals surface area contributed by atoms with Crippen molar-refractivity contribution in [2.75, 3.05) is 24.6 Å². The van der Waals surface area contributed by atoms with Crippen LogP contribution >= 0.6 is 11.8 Å². The molecule has 44 heavy (non-hydrogen) atoms. The molecule has 3 atom stereocenters. The van der Waals surface area contributed by atoms with E-state index in [0.29, 0.717) is 0 Å². The van der Waals surface area contributed by atoms with E-state index in [1.165, 1.54) is 0 Å². The van der Waals surface area contributed by atoms with Gasteiger partial charge in [0.25, 0.3) is 0 Å². The molecule has 15 nitrogen and oxygen atoms in total. The van der Waals surface area contributed by atoms with Crippen molar-refractivity contribution in [1.82, 2.24) is 21.3 Å². The number of carboxylic acids is 2. The molecule has 3 unspecified atom stereocenters. The molecule has 19 heteroatoms. The summed E-state index contributed by atoms with van der Waals surface area (Å²) in [4.78, 5) is 71.8. The Morgan fingerprint density at radius 2 is 1.57 bits per heavy atom. The van der Waals surface area contributed by atoms with Gasteiger partial charge in [-0.2, -0.15) is 13.2 Å². The van der Waals surface area contributed by atoms with Crippen LogP contribution in [0.1, 0.15) is 30.0 Å². The summed E-state index contributed by atoms with van der Waals surface area (Å²) in [6, 6.07) is 0.00112. The average Bonchev–Trinajstić information content (AvgIpc) is 2.94. The molecule has 4 amide bonds. The molecule has 242 valence electrons. The number of thioether (sulfide) groups is 1. The highest BCUT2D eigenvalue weighted by molar-refractivity contribution is 8.00. The second-order valence-electron chi connectivity index (χ2n) is 9.14. The van der Waals surface area contributed by atoms with Crippen molar-refractivity contribution in [3.63, 3.8) is 0 Å². The van der Waals surface area contributed by atoms with E-state index in [4.69, 9.17) is 33.8 Å².